The Morgan fingerprint density at radius 3 is 2.90 bits per heavy atom. The van der Waals surface area contributed by atoms with Gasteiger partial charge in [-0.25, -0.2) is 0 Å². The Labute approximate surface area is 126 Å². The largest absolute Gasteiger partial charge is 0.486 e. The number of ether oxygens (including phenoxy) is 3. The molecule has 1 unspecified atom stereocenters. The standard InChI is InChI=1S/C14H18BrNO4/c15-11-5-10(6-12-13(11)20-4-3-19-12)7-16-8-14(17)1-2-18-9-14/h5-6,16-17H,1-4,7-9H2. The summed E-state index contributed by atoms with van der Waals surface area (Å²) in [7, 11) is 0. The van der Waals surface area contributed by atoms with Crippen LogP contribution >= 0.6 is 15.9 Å². The molecule has 1 atom stereocenters. The van der Waals surface area contributed by atoms with E-state index in [1.165, 1.54) is 0 Å². The lowest BCUT2D eigenvalue weighted by Gasteiger charge is -2.22. The van der Waals surface area contributed by atoms with Crippen molar-refractivity contribution in [1.82, 2.24) is 5.32 Å². The van der Waals surface area contributed by atoms with Crippen LogP contribution in [0.4, 0.5) is 0 Å². The SMILES string of the molecule is OC1(CNCc2cc(Br)c3c(c2)OCCO3)CCOC1. The molecule has 0 radical (unpaired) electrons. The van der Waals surface area contributed by atoms with Crippen molar-refractivity contribution >= 4 is 15.9 Å². The zero-order chi connectivity index (χ0) is 14.0. The van der Waals surface area contributed by atoms with Gasteiger partial charge in [0.05, 0.1) is 11.1 Å². The molecule has 0 aromatic heterocycles. The first kappa shape index (κ1) is 14.1. The fourth-order valence-electron chi connectivity index (χ4n) is 2.44. The lowest BCUT2D eigenvalue weighted by Crippen LogP contribution is -2.40. The maximum atomic E-state index is 10.2. The van der Waals surface area contributed by atoms with Crippen LogP contribution in [-0.2, 0) is 11.3 Å². The maximum absolute atomic E-state index is 10.2. The van der Waals surface area contributed by atoms with Crippen LogP contribution in [0.2, 0.25) is 0 Å². The van der Waals surface area contributed by atoms with E-state index in [1.807, 2.05) is 12.1 Å². The van der Waals surface area contributed by atoms with Crippen LogP contribution in [0, 0.1) is 0 Å². The van der Waals surface area contributed by atoms with E-state index in [0.29, 0.717) is 45.9 Å². The van der Waals surface area contributed by atoms with Gasteiger partial charge in [-0.2, -0.15) is 0 Å². The minimum atomic E-state index is -0.731. The van der Waals surface area contributed by atoms with Crippen LogP contribution in [0.5, 0.6) is 11.5 Å². The summed E-state index contributed by atoms with van der Waals surface area (Å²) in [5, 5.41) is 13.4. The van der Waals surface area contributed by atoms with Gasteiger partial charge in [0.15, 0.2) is 11.5 Å². The first-order valence-corrected chi connectivity index (χ1v) is 7.54. The van der Waals surface area contributed by atoms with E-state index < -0.39 is 5.60 Å². The summed E-state index contributed by atoms with van der Waals surface area (Å²) < 4.78 is 17.3. The van der Waals surface area contributed by atoms with Crippen LogP contribution in [0.25, 0.3) is 0 Å². The average Bonchev–Trinajstić information content (AvgIpc) is 2.86. The molecule has 2 N–H and O–H groups in total. The molecule has 2 heterocycles. The van der Waals surface area contributed by atoms with Crippen LogP contribution in [0.1, 0.15) is 12.0 Å². The van der Waals surface area contributed by atoms with Crippen molar-refractivity contribution in [2.45, 2.75) is 18.6 Å². The van der Waals surface area contributed by atoms with Crippen molar-refractivity contribution in [3.8, 4) is 11.5 Å². The van der Waals surface area contributed by atoms with Gasteiger partial charge in [0.2, 0.25) is 0 Å². The molecular formula is C14H18BrNO4. The number of rotatable bonds is 4. The molecule has 2 aliphatic heterocycles. The van der Waals surface area contributed by atoms with Crippen molar-refractivity contribution in [3.05, 3.63) is 22.2 Å². The second kappa shape index (κ2) is 5.89. The lowest BCUT2D eigenvalue weighted by molar-refractivity contribution is 0.0268. The van der Waals surface area contributed by atoms with Gasteiger partial charge in [-0.05, 0) is 33.6 Å². The number of hydrogen-bond acceptors (Lipinski definition) is 5. The molecule has 0 bridgehead atoms. The Morgan fingerprint density at radius 2 is 2.10 bits per heavy atom. The van der Waals surface area contributed by atoms with Gasteiger partial charge >= 0.3 is 0 Å². The molecule has 20 heavy (non-hydrogen) atoms. The fourth-order valence-corrected chi connectivity index (χ4v) is 3.05. The second-order valence-corrected chi connectivity index (χ2v) is 6.09. The average molecular weight is 344 g/mol. The van der Waals surface area contributed by atoms with E-state index in [-0.39, 0.29) is 0 Å². The van der Waals surface area contributed by atoms with Gasteiger partial charge in [0.1, 0.15) is 18.8 Å². The van der Waals surface area contributed by atoms with Gasteiger partial charge in [0, 0.05) is 26.1 Å². The Balaban J connectivity index is 1.61. The Bertz CT molecular complexity index is 488. The van der Waals surface area contributed by atoms with E-state index in [2.05, 4.69) is 21.2 Å². The van der Waals surface area contributed by atoms with E-state index in [1.54, 1.807) is 0 Å². The van der Waals surface area contributed by atoms with E-state index in [4.69, 9.17) is 14.2 Å². The maximum Gasteiger partial charge on any atom is 0.175 e. The quantitative estimate of drug-likeness (QED) is 0.866. The molecule has 3 rings (SSSR count). The smallest absolute Gasteiger partial charge is 0.175 e. The normalized spacial score (nSPS) is 24.9. The van der Waals surface area contributed by atoms with Gasteiger partial charge in [0.25, 0.3) is 0 Å². The fraction of sp³-hybridized carbons (Fsp3) is 0.571. The van der Waals surface area contributed by atoms with Crippen molar-refractivity contribution in [2.24, 2.45) is 0 Å². The molecule has 6 heteroatoms. The Hall–Kier alpha value is -0.820. The predicted molar refractivity (Wildman–Crippen MR) is 77.2 cm³/mol. The molecule has 110 valence electrons. The zero-order valence-electron chi connectivity index (χ0n) is 11.2. The molecular weight excluding hydrogens is 326 g/mol. The first-order chi connectivity index (χ1) is 9.66. The third-order valence-corrected chi connectivity index (χ3v) is 4.11. The second-order valence-electron chi connectivity index (χ2n) is 5.23. The lowest BCUT2D eigenvalue weighted by atomic mass is 10.0. The van der Waals surface area contributed by atoms with Crippen LogP contribution in [0.15, 0.2) is 16.6 Å². The predicted octanol–water partition coefficient (Wildman–Crippen LogP) is 1.46. The van der Waals surface area contributed by atoms with Crippen molar-refractivity contribution in [3.63, 3.8) is 0 Å². The van der Waals surface area contributed by atoms with E-state index in [0.717, 1.165) is 21.5 Å². The van der Waals surface area contributed by atoms with Gasteiger partial charge < -0.3 is 24.6 Å². The number of nitrogens with one attached hydrogen (secondary N) is 1. The summed E-state index contributed by atoms with van der Waals surface area (Å²) in [4.78, 5) is 0. The zero-order valence-corrected chi connectivity index (χ0v) is 12.7. The topological polar surface area (TPSA) is 60.0 Å². The summed E-state index contributed by atoms with van der Waals surface area (Å²) in [5.74, 6) is 1.54. The monoisotopic (exact) mass is 343 g/mol. The highest BCUT2D eigenvalue weighted by atomic mass is 79.9. The molecule has 5 nitrogen and oxygen atoms in total. The number of hydrogen-bond donors (Lipinski definition) is 2. The first-order valence-electron chi connectivity index (χ1n) is 6.75. The van der Waals surface area contributed by atoms with Crippen molar-refractivity contribution < 1.29 is 19.3 Å². The van der Waals surface area contributed by atoms with E-state index in [9.17, 15) is 5.11 Å². The molecule has 1 saturated heterocycles. The van der Waals surface area contributed by atoms with Crippen molar-refractivity contribution in [2.75, 3.05) is 33.0 Å². The van der Waals surface area contributed by atoms with Gasteiger partial charge in [-0.15, -0.1) is 0 Å². The highest BCUT2D eigenvalue weighted by molar-refractivity contribution is 9.10. The summed E-state index contributed by atoms with van der Waals surface area (Å²) in [5.41, 5.74) is 0.356. The molecule has 1 aromatic rings. The summed E-state index contributed by atoms with van der Waals surface area (Å²) in [6.45, 7) is 3.39. The molecule has 0 aliphatic carbocycles. The third-order valence-electron chi connectivity index (χ3n) is 3.52. The van der Waals surface area contributed by atoms with E-state index >= 15 is 0 Å². The number of halogens is 1. The summed E-state index contributed by atoms with van der Waals surface area (Å²) >= 11 is 3.50. The van der Waals surface area contributed by atoms with Crippen LogP contribution < -0.4 is 14.8 Å². The molecule has 0 saturated carbocycles. The van der Waals surface area contributed by atoms with Crippen LogP contribution in [-0.4, -0.2) is 43.7 Å². The van der Waals surface area contributed by atoms with Crippen molar-refractivity contribution in [1.29, 1.82) is 0 Å². The number of fused-ring (bicyclic) bond motifs is 1. The Morgan fingerprint density at radius 1 is 1.25 bits per heavy atom. The summed E-state index contributed by atoms with van der Waals surface area (Å²) in [6, 6.07) is 3.98. The molecule has 0 spiro atoms. The highest BCUT2D eigenvalue weighted by Gasteiger charge is 2.31. The van der Waals surface area contributed by atoms with Crippen LogP contribution in [0.3, 0.4) is 0 Å². The number of aliphatic hydroxyl groups is 1. The highest BCUT2D eigenvalue weighted by Crippen LogP contribution is 2.38. The summed E-state index contributed by atoms with van der Waals surface area (Å²) in [6.07, 6.45) is 0.685. The van der Waals surface area contributed by atoms with Gasteiger partial charge in [-0.1, -0.05) is 0 Å². The minimum Gasteiger partial charge on any atom is -0.486 e. The van der Waals surface area contributed by atoms with Gasteiger partial charge in [-0.3, -0.25) is 0 Å². The number of benzene rings is 1. The Kier molecular flexibility index (Phi) is 4.16. The molecule has 1 aromatic carbocycles. The molecule has 1 fully saturated rings. The third kappa shape index (κ3) is 3.09. The minimum absolute atomic E-state index is 0.408. The molecule has 0 amide bonds. The molecule has 2 aliphatic rings.